The molecule has 1 aliphatic heterocycles. The van der Waals surface area contributed by atoms with E-state index in [4.69, 9.17) is 4.74 Å². The summed E-state index contributed by atoms with van der Waals surface area (Å²) in [7, 11) is -3.55. The molecule has 0 amide bonds. The van der Waals surface area contributed by atoms with Gasteiger partial charge in [-0.25, -0.2) is 13.2 Å². The lowest BCUT2D eigenvalue weighted by atomic mass is 10.1. The molecule has 0 saturated carbocycles. The second-order valence-corrected chi connectivity index (χ2v) is 8.54. The largest absolute Gasteiger partial charge is 0.454 e. The van der Waals surface area contributed by atoms with Gasteiger partial charge in [-0.2, -0.15) is 4.31 Å². The second-order valence-electron chi connectivity index (χ2n) is 6.60. The smallest absolute Gasteiger partial charge is 0.338 e. The SMILES string of the molecule is Cc1ccc([C@@H](C)OC(=O)c2cccc(S(=O)(=O)N3CCCC3)c2)cc1. The number of carbonyl (C=O) groups excluding carboxylic acids is 1. The predicted molar refractivity (Wildman–Crippen MR) is 99.4 cm³/mol. The lowest BCUT2D eigenvalue weighted by molar-refractivity contribution is 0.0337. The summed E-state index contributed by atoms with van der Waals surface area (Å²) >= 11 is 0. The highest BCUT2D eigenvalue weighted by Crippen LogP contribution is 2.23. The summed E-state index contributed by atoms with van der Waals surface area (Å²) in [5.41, 5.74) is 2.26. The van der Waals surface area contributed by atoms with Crippen molar-refractivity contribution in [1.29, 1.82) is 0 Å². The summed E-state index contributed by atoms with van der Waals surface area (Å²) < 4.78 is 32.3. The van der Waals surface area contributed by atoms with Crippen LogP contribution in [0, 0.1) is 6.92 Å². The first-order chi connectivity index (χ1) is 12.4. The van der Waals surface area contributed by atoms with Crippen LogP contribution in [0.2, 0.25) is 0 Å². The number of ether oxygens (including phenoxy) is 1. The minimum atomic E-state index is -3.55. The quantitative estimate of drug-likeness (QED) is 0.750. The zero-order chi connectivity index (χ0) is 18.7. The Balaban J connectivity index is 1.77. The maximum absolute atomic E-state index is 12.7. The fourth-order valence-electron chi connectivity index (χ4n) is 3.00. The summed E-state index contributed by atoms with van der Waals surface area (Å²) in [6.07, 6.45) is 1.33. The highest BCUT2D eigenvalue weighted by Gasteiger charge is 2.28. The van der Waals surface area contributed by atoms with Crippen LogP contribution in [0.3, 0.4) is 0 Å². The van der Waals surface area contributed by atoms with Gasteiger partial charge in [0.05, 0.1) is 10.5 Å². The van der Waals surface area contributed by atoms with Crippen molar-refractivity contribution in [3.8, 4) is 0 Å². The number of aryl methyl sites for hydroxylation is 1. The van der Waals surface area contributed by atoms with Crippen LogP contribution in [0.1, 0.15) is 47.4 Å². The van der Waals surface area contributed by atoms with Crippen molar-refractivity contribution in [2.75, 3.05) is 13.1 Å². The summed E-state index contributed by atoms with van der Waals surface area (Å²) in [4.78, 5) is 12.6. The first-order valence-corrected chi connectivity index (χ1v) is 10.2. The minimum Gasteiger partial charge on any atom is -0.454 e. The van der Waals surface area contributed by atoms with Crippen molar-refractivity contribution in [2.45, 2.75) is 37.7 Å². The lowest BCUT2D eigenvalue weighted by Gasteiger charge is -2.17. The van der Waals surface area contributed by atoms with Crippen LogP contribution in [0.15, 0.2) is 53.4 Å². The maximum atomic E-state index is 12.7. The summed E-state index contributed by atoms with van der Waals surface area (Å²) in [5.74, 6) is -0.531. The van der Waals surface area contributed by atoms with E-state index in [2.05, 4.69) is 0 Å². The van der Waals surface area contributed by atoms with Crippen molar-refractivity contribution >= 4 is 16.0 Å². The molecule has 6 heteroatoms. The third-order valence-electron chi connectivity index (χ3n) is 4.60. The number of hydrogen-bond acceptors (Lipinski definition) is 4. The van der Waals surface area contributed by atoms with Gasteiger partial charge in [0.15, 0.2) is 0 Å². The minimum absolute atomic E-state index is 0.136. The summed E-state index contributed by atoms with van der Waals surface area (Å²) in [6, 6.07) is 13.8. The van der Waals surface area contributed by atoms with Crippen molar-refractivity contribution in [1.82, 2.24) is 4.31 Å². The molecule has 0 radical (unpaired) electrons. The fourth-order valence-corrected chi connectivity index (χ4v) is 4.56. The Morgan fingerprint density at radius 2 is 1.73 bits per heavy atom. The molecule has 26 heavy (non-hydrogen) atoms. The molecule has 0 N–H and O–H groups in total. The number of nitrogens with zero attached hydrogens (tertiary/aromatic N) is 1. The molecule has 0 aromatic heterocycles. The average molecular weight is 373 g/mol. The second kappa shape index (κ2) is 7.60. The Morgan fingerprint density at radius 1 is 1.08 bits per heavy atom. The molecule has 0 unspecified atom stereocenters. The van der Waals surface area contributed by atoms with Crippen molar-refractivity contribution in [2.24, 2.45) is 0 Å². The van der Waals surface area contributed by atoms with Crippen LogP contribution in [-0.4, -0.2) is 31.8 Å². The highest BCUT2D eigenvalue weighted by molar-refractivity contribution is 7.89. The molecule has 1 saturated heterocycles. The van der Waals surface area contributed by atoms with Gasteiger partial charge in [-0.3, -0.25) is 0 Å². The molecule has 3 rings (SSSR count). The van der Waals surface area contributed by atoms with Crippen LogP contribution in [-0.2, 0) is 14.8 Å². The summed E-state index contributed by atoms with van der Waals surface area (Å²) in [5, 5.41) is 0. The number of rotatable bonds is 5. The van der Waals surface area contributed by atoms with E-state index < -0.39 is 22.1 Å². The number of esters is 1. The normalized spacial score (nSPS) is 16.4. The molecule has 138 valence electrons. The number of hydrogen-bond donors (Lipinski definition) is 0. The van der Waals surface area contributed by atoms with Crippen LogP contribution in [0.5, 0.6) is 0 Å². The van der Waals surface area contributed by atoms with Crippen molar-refractivity contribution < 1.29 is 17.9 Å². The van der Waals surface area contributed by atoms with E-state index in [1.165, 1.54) is 16.4 Å². The standard InChI is InChI=1S/C20H23NO4S/c1-15-8-10-17(11-9-15)16(2)25-20(22)18-6-5-7-19(14-18)26(23,24)21-12-3-4-13-21/h5-11,14,16H,3-4,12-13H2,1-2H3/t16-/m1/s1. The van der Waals surface area contributed by atoms with Gasteiger partial charge in [0.1, 0.15) is 6.10 Å². The Labute approximate surface area is 154 Å². The van der Waals surface area contributed by atoms with Gasteiger partial charge in [0.2, 0.25) is 10.0 Å². The highest BCUT2D eigenvalue weighted by atomic mass is 32.2. The monoisotopic (exact) mass is 373 g/mol. The van der Waals surface area contributed by atoms with E-state index in [0.29, 0.717) is 13.1 Å². The van der Waals surface area contributed by atoms with Gasteiger partial charge in [-0.15, -0.1) is 0 Å². The van der Waals surface area contributed by atoms with E-state index in [-0.39, 0.29) is 10.5 Å². The van der Waals surface area contributed by atoms with E-state index in [0.717, 1.165) is 24.0 Å². The topological polar surface area (TPSA) is 63.7 Å². The van der Waals surface area contributed by atoms with Crippen molar-refractivity contribution in [3.05, 3.63) is 65.2 Å². The Kier molecular flexibility index (Phi) is 5.44. The van der Waals surface area contributed by atoms with Crippen LogP contribution in [0.25, 0.3) is 0 Å². The maximum Gasteiger partial charge on any atom is 0.338 e. The zero-order valence-electron chi connectivity index (χ0n) is 15.0. The van der Waals surface area contributed by atoms with E-state index in [1.54, 1.807) is 19.1 Å². The van der Waals surface area contributed by atoms with Crippen LogP contribution >= 0.6 is 0 Å². The molecule has 0 aliphatic carbocycles. The molecule has 1 aliphatic rings. The first-order valence-electron chi connectivity index (χ1n) is 8.76. The predicted octanol–water partition coefficient (Wildman–Crippen LogP) is 3.70. The van der Waals surface area contributed by atoms with Crippen LogP contribution < -0.4 is 0 Å². The molecular weight excluding hydrogens is 350 g/mol. The van der Waals surface area contributed by atoms with Gasteiger partial charge in [-0.1, -0.05) is 35.9 Å². The molecule has 5 nitrogen and oxygen atoms in total. The third kappa shape index (κ3) is 3.97. The molecule has 0 bridgehead atoms. The van der Waals surface area contributed by atoms with Gasteiger partial charge in [0, 0.05) is 13.1 Å². The van der Waals surface area contributed by atoms with Crippen molar-refractivity contribution in [3.63, 3.8) is 0 Å². The Bertz CT molecular complexity index is 884. The first kappa shape index (κ1) is 18.6. The third-order valence-corrected chi connectivity index (χ3v) is 6.50. The number of sulfonamides is 1. The number of carbonyl (C=O) groups is 1. The van der Waals surface area contributed by atoms with Crippen LogP contribution in [0.4, 0.5) is 0 Å². The Morgan fingerprint density at radius 3 is 2.38 bits per heavy atom. The zero-order valence-corrected chi connectivity index (χ0v) is 15.8. The molecule has 1 heterocycles. The molecule has 0 spiro atoms. The van der Waals surface area contributed by atoms with Gasteiger partial charge >= 0.3 is 5.97 Å². The van der Waals surface area contributed by atoms with Gasteiger partial charge in [0.25, 0.3) is 0 Å². The number of benzene rings is 2. The molecule has 1 atom stereocenters. The van der Waals surface area contributed by atoms with Gasteiger partial charge in [-0.05, 0) is 50.5 Å². The Hall–Kier alpha value is -2.18. The summed E-state index contributed by atoms with van der Waals surface area (Å²) in [6.45, 7) is 4.85. The molecule has 1 fully saturated rings. The lowest BCUT2D eigenvalue weighted by Crippen LogP contribution is -2.28. The van der Waals surface area contributed by atoms with E-state index in [9.17, 15) is 13.2 Å². The molecule has 2 aromatic carbocycles. The molecular formula is C20H23NO4S. The average Bonchev–Trinajstić information content (AvgIpc) is 3.18. The molecule has 2 aromatic rings. The van der Waals surface area contributed by atoms with E-state index >= 15 is 0 Å². The van der Waals surface area contributed by atoms with Gasteiger partial charge < -0.3 is 4.74 Å². The van der Waals surface area contributed by atoms with E-state index in [1.807, 2.05) is 31.2 Å². The fraction of sp³-hybridized carbons (Fsp3) is 0.350.